The third-order valence-corrected chi connectivity index (χ3v) is 2.33. The van der Waals surface area contributed by atoms with E-state index in [1.165, 1.54) is 0 Å². The number of halogens is 1. The van der Waals surface area contributed by atoms with Gasteiger partial charge in [0.05, 0.1) is 6.10 Å². The normalized spacial score (nSPS) is 10.4. The van der Waals surface area contributed by atoms with Crippen molar-refractivity contribution < 1.29 is 9.53 Å². The van der Waals surface area contributed by atoms with Crippen molar-refractivity contribution in [3.05, 3.63) is 29.8 Å². The lowest BCUT2D eigenvalue weighted by Crippen LogP contribution is -2.24. The summed E-state index contributed by atoms with van der Waals surface area (Å²) in [7, 11) is 0. The molecule has 17 heavy (non-hydrogen) atoms. The smallest absolute Gasteiger partial charge is 0.251 e. The van der Waals surface area contributed by atoms with Crippen LogP contribution in [-0.4, -0.2) is 24.4 Å². The second-order valence-electron chi connectivity index (χ2n) is 3.99. The highest BCUT2D eigenvalue weighted by atomic mass is 35.5. The molecule has 4 heteroatoms. The van der Waals surface area contributed by atoms with Crippen LogP contribution < -0.4 is 10.1 Å². The van der Waals surface area contributed by atoms with Gasteiger partial charge in [0.2, 0.25) is 0 Å². The maximum atomic E-state index is 11.7. The SMILES string of the molecule is CC(C)Oc1cccc(C(=O)NCCCCl)c1. The Balaban J connectivity index is 2.60. The van der Waals surface area contributed by atoms with E-state index in [0.717, 1.165) is 6.42 Å². The number of amides is 1. The Hall–Kier alpha value is -1.22. The number of benzene rings is 1. The molecule has 0 atom stereocenters. The van der Waals surface area contributed by atoms with Crippen LogP contribution >= 0.6 is 11.6 Å². The van der Waals surface area contributed by atoms with Crippen LogP contribution in [0, 0.1) is 0 Å². The van der Waals surface area contributed by atoms with E-state index in [-0.39, 0.29) is 12.0 Å². The lowest BCUT2D eigenvalue weighted by atomic mass is 10.2. The molecular formula is C13H18ClNO2. The minimum absolute atomic E-state index is 0.0932. The van der Waals surface area contributed by atoms with Crippen molar-refractivity contribution in [1.82, 2.24) is 5.32 Å². The molecule has 0 aliphatic heterocycles. The van der Waals surface area contributed by atoms with Crippen molar-refractivity contribution in [3.8, 4) is 5.75 Å². The molecule has 1 N–H and O–H groups in total. The third-order valence-electron chi connectivity index (χ3n) is 2.06. The van der Waals surface area contributed by atoms with Gasteiger partial charge >= 0.3 is 0 Å². The molecule has 0 unspecified atom stereocenters. The van der Waals surface area contributed by atoms with Gasteiger partial charge in [-0.2, -0.15) is 0 Å². The van der Waals surface area contributed by atoms with Gasteiger partial charge in [-0.1, -0.05) is 6.07 Å². The van der Waals surface area contributed by atoms with Crippen LogP contribution in [0.25, 0.3) is 0 Å². The van der Waals surface area contributed by atoms with E-state index in [4.69, 9.17) is 16.3 Å². The van der Waals surface area contributed by atoms with Crippen LogP contribution in [0.15, 0.2) is 24.3 Å². The summed E-state index contributed by atoms with van der Waals surface area (Å²) in [6.07, 6.45) is 0.875. The lowest BCUT2D eigenvalue weighted by Gasteiger charge is -2.10. The van der Waals surface area contributed by atoms with Gasteiger partial charge in [0.25, 0.3) is 5.91 Å². The summed E-state index contributed by atoms with van der Waals surface area (Å²) in [6, 6.07) is 7.17. The quantitative estimate of drug-likeness (QED) is 0.627. The summed E-state index contributed by atoms with van der Waals surface area (Å²) in [5.74, 6) is 1.17. The number of hydrogen-bond donors (Lipinski definition) is 1. The van der Waals surface area contributed by atoms with Gasteiger partial charge in [-0.25, -0.2) is 0 Å². The predicted molar refractivity (Wildman–Crippen MR) is 69.9 cm³/mol. The molecule has 0 saturated carbocycles. The largest absolute Gasteiger partial charge is 0.491 e. The van der Waals surface area contributed by atoms with Crippen LogP contribution in [0.1, 0.15) is 30.6 Å². The predicted octanol–water partition coefficient (Wildman–Crippen LogP) is 2.83. The van der Waals surface area contributed by atoms with Gasteiger partial charge < -0.3 is 10.1 Å². The first-order valence-electron chi connectivity index (χ1n) is 5.74. The number of carbonyl (C=O) groups is 1. The van der Waals surface area contributed by atoms with Crippen molar-refractivity contribution in [2.45, 2.75) is 26.4 Å². The van der Waals surface area contributed by atoms with Crippen LogP contribution in [0.3, 0.4) is 0 Å². The monoisotopic (exact) mass is 255 g/mol. The van der Waals surface area contributed by atoms with Crippen LogP contribution in [0.5, 0.6) is 5.75 Å². The number of nitrogens with one attached hydrogen (secondary N) is 1. The number of carbonyl (C=O) groups excluding carboxylic acids is 1. The standard InChI is InChI=1S/C13H18ClNO2/c1-10(2)17-12-6-3-5-11(9-12)13(16)15-8-4-7-14/h3,5-6,9-10H,4,7-8H2,1-2H3,(H,15,16). The topological polar surface area (TPSA) is 38.3 Å². The number of rotatable bonds is 6. The van der Waals surface area contributed by atoms with Gasteiger partial charge in [-0.3, -0.25) is 4.79 Å². The lowest BCUT2D eigenvalue weighted by molar-refractivity contribution is 0.0953. The highest BCUT2D eigenvalue weighted by Gasteiger charge is 2.06. The zero-order valence-electron chi connectivity index (χ0n) is 10.2. The summed E-state index contributed by atoms with van der Waals surface area (Å²) in [5, 5.41) is 2.80. The van der Waals surface area contributed by atoms with E-state index in [9.17, 15) is 4.79 Å². The second-order valence-corrected chi connectivity index (χ2v) is 4.37. The van der Waals surface area contributed by atoms with E-state index < -0.39 is 0 Å². The molecule has 0 radical (unpaired) electrons. The molecule has 0 aliphatic carbocycles. The van der Waals surface area contributed by atoms with Crippen LogP contribution in [-0.2, 0) is 0 Å². The summed E-state index contributed by atoms with van der Waals surface area (Å²) in [4.78, 5) is 11.7. The molecule has 1 aromatic carbocycles. The summed E-state index contributed by atoms with van der Waals surface area (Å²) in [5.41, 5.74) is 0.609. The molecule has 1 aromatic rings. The Labute approximate surface area is 107 Å². The highest BCUT2D eigenvalue weighted by molar-refractivity contribution is 6.17. The van der Waals surface area contributed by atoms with Crippen molar-refractivity contribution in [2.24, 2.45) is 0 Å². The fourth-order valence-corrected chi connectivity index (χ4v) is 1.49. The molecule has 94 valence electrons. The number of alkyl halides is 1. The zero-order chi connectivity index (χ0) is 12.7. The molecule has 0 aromatic heterocycles. The number of hydrogen-bond acceptors (Lipinski definition) is 2. The summed E-state index contributed by atoms with van der Waals surface area (Å²) < 4.78 is 5.53. The molecular weight excluding hydrogens is 238 g/mol. The molecule has 1 amide bonds. The van der Waals surface area contributed by atoms with Crippen LogP contribution in [0.4, 0.5) is 0 Å². The minimum Gasteiger partial charge on any atom is -0.491 e. The zero-order valence-corrected chi connectivity index (χ0v) is 11.0. The first-order valence-corrected chi connectivity index (χ1v) is 6.28. The molecule has 1 rings (SSSR count). The van der Waals surface area contributed by atoms with Gasteiger partial charge in [0.1, 0.15) is 5.75 Å². The Morgan fingerprint density at radius 2 is 2.24 bits per heavy atom. The maximum absolute atomic E-state index is 11.7. The van der Waals surface area contributed by atoms with E-state index >= 15 is 0 Å². The molecule has 0 aliphatic rings. The van der Waals surface area contributed by atoms with Gasteiger partial charge in [0, 0.05) is 18.0 Å². The number of ether oxygens (including phenoxy) is 1. The minimum atomic E-state index is -0.0932. The Morgan fingerprint density at radius 3 is 2.88 bits per heavy atom. The van der Waals surface area contributed by atoms with Crippen molar-refractivity contribution in [1.29, 1.82) is 0 Å². The Bertz CT molecular complexity index is 366. The molecule has 0 fully saturated rings. The van der Waals surface area contributed by atoms with Gasteiger partial charge in [-0.15, -0.1) is 11.6 Å². The average Bonchev–Trinajstić information content (AvgIpc) is 2.28. The first kappa shape index (κ1) is 13.8. The van der Waals surface area contributed by atoms with E-state index in [1.54, 1.807) is 12.1 Å². The Morgan fingerprint density at radius 1 is 1.47 bits per heavy atom. The van der Waals surface area contributed by atoms with E-state index in [1.807, 2.05) is 26.0 Å². The highest BCUT2D eigenvalue weighted by Crippen LogP contribution is 2.14. The second kappa shape index (κ2) is 7.17. The van der Waals surface area contributed by atoms with Crippen molar-refractivity contribution in [3.63, 3.8) is 0 Å². The molecule has 0 saturated heterocycles. The fraction of sp³-hybridized carbons (Fsp3) is 0.462. The van der Waals surface area contributed by atoms with Gasteiger partial charge in [0.15, 0.2) is 0 Å². The fourth-order valence-electron chi connectivity index (χ4n) is 1.35. The molecule has 0 heterocycles. The summed E-state index contributed by atoms with van der Waals surface area (Å²) in [6.45, 7) is 4.50. The first-order chi connectivity index (χ1) is 8.13. The van der Waals surface area contributed by atoms with E-state index in [0.29, 0.717) is 23.7 Å². The van der Waals surface area contributed by atoms with Crippen LogP contribution in [0.2, 0.25) is 0 Å². The Kier molecular flexibility index (Phi) is 5.84. The van der Waals surface area contributed by atoms with E-state index in [2.05, 4.69) is 5.32 Å². The third kappa shape index (κ3) is 5.09. The molecule has 3 nitrogen and oxygen atoms in total. The van der Waals surface area contributed by atoms with Crippen molar-refractivity contribution >= 4 is 17.5 Å². The molecule has 0 spiro atoms. The maximum Gasteiger partial charge on any atom is 0.251 e. The summed E-state index contributed by atoms with van der Waals surface area (Å²) >= 11 is 5.54. The van der Waals surface area contributed by atoms with Gasteiger partial charge in [-0.05, 0) is 38.5 Å². The average molecular weight is 256 g/mol. The molecule has 0 bridgehead atoms. The van der Waals surface area contributed by atoms with Crippen molar-refractivity contribution in [2.75, 3.05) is 12.4 Å².